The maximum Gasteiger partial charge on any atom is 0.273 e. The number of hydrogen-bond donors (Lipinski definition) is 1. The van der Waals surface area contributed by atoms with Crippen molar-refractivity contribution >= 4 is 28.3 Å². The van der Waals surface area contributed by atoms with Crippen molar-refractivity contribution < 1.29 is 14.0 Å². The third-order valence-corrected chi connectivity index (χ3v) is 5.02. The number of anilines is 1. The van der Waals surface area contributed by atoms with Crippen LogP contribution >= 0.6 is 11.3 Å². The van der Waals surface area contributed by atoms with Crippen LogP contribution in [0.5, 0.6) is 0 Å². The quantitative estimate of drug-likeness (QED) is 0.906. The van der Waals surface area contributed by atoms with Gasteiger partial charge in [0.2, 0.25) is 0 Å². The summed E-state index contributed by atoms with van der Waals surface area (Å²) in [5.41, 5.74) is 0.505. The van der Waals surface area contributed by atoms with Crippen molar-refractivity contribution in [2.24, 2.45) is 0 Å². The first-order valence-corrected chi connectivity index (χ1v) is 8.80. The molecule has 2 heterocycles. The summed E-state index contributed by atoms with van der Waals surface area (Å²) < 4.78 is 13.2. The van der Waals surface area contributed by atoms with E-state index in [1.807, 2.05) is 7.05 Å². The number of likely N-dealkylation sites (tertiary alicyclic amines) is 1. The highest BCUT2D eigenvalue weighted by molar-refractivity contribution is 7.14. The Bertz CT molecular complexity index is 794. The Labute approximate surface area is 149 Å². The van der Waals surface area contributed by atoms with Crippen molar-refractivity contribution in [3.05, 3.63) is 46.7 Å². The highest BCUT2D eigenvalue weighted by atomic mass is 32.1. The predicted molar refractivity (Wildman–Crippen MR) is 94.5 cm³/mol. The number of hydrogen-bond acceptors (Lipinski definition) is 5. The van der Waals surface area contributed by atoms with E-state index in [-0.39, 0.29) is 17.5 Å². The van der Waals surface area contributed by atoms with Crippen LogP contribution in [0.4, 0.5) is 9.52 Å². The smallest absolute Gasteiger partial charge is 0.273 e. The number of benzene rings is 1. The molecule has 1 aliphatic heterocycles. The van der Waals surface area contributed by atoms with Gasteiger partial charge in [-0.15, -0.1) is 11.3 Å². The molecule has 1 saturated heterocycles. The Hall–Kier alpha value is -2.32. The third kappa shape index (κ3) is 4.02. The molecule has 0 saturated carbocycles. The van der Waals surface area contributed by atoms with E-state index >= 15 is 0 Å². The number of nitrogens with zero attached hydrogens (tertiary/aromatic N) is 3. The normalized spacial score (nSPS) is 17.5. The molecule has 0 spiro atoms. The fourth-order valence-corrected chi connectivity index (χ4v) is 3.48. The molecule has 0 aliphatic carbocycles. The van der Waals surface area contributed by atoms with E-state index in [4.69, 9.17) is 0 Å². The number of nitrogens with one attached hydrogen (secondary N) is 1. The van der Waals surface area contributed by atoms with Gasteiger partial charge in [0.15, 0.2) is 5.13 Å². The van der Waals surface area contributed by atoms with Crippen molar-refractivity contribution in [1.29, 1.82) is 0 Å². The summed E-state index contributed by atoms with van der Waals surface area (Å²) in [6.45, 7) is 1.81. The highest BCUT2D eigenvalue weighted by Gasteiger charge is 2.28. The van der Waals surface area contributed by atoms with Gasteiger partial charge >= 0.3 is 0 Å². The van der Waals surface area contributed by atoms with Crippen molar-refractivity contribution in [3.63, 3.8) is 0 Å². The van der Waals surface area contributed by atoms with Gasteiger partial charge < -0.3 is 9.80 Å². The molecule has 1 aromatic heterocycles. The molecule has 1 aliphatic rings. The lowest BCUT2D eigenvalue weighted by Crippen LogP contribution is -2.38. The summed E-state index contributed by atoms with van der Waals surface area (Å²) in [6.07, 6.45) is 0.937. The molecule has 25 heavy (non-hydrogen) atoms. The van der Waals surface area contributed by atoms with Crippen LogP contribution in [0.2, 0.25) is 0 Å². The lowest BCUT2D eigenvalue weighted by molar-refractivity contribution is 0.0732. The lowest BCUT2D eigenvalue weighted by Gasteiger charge is -2.23. The van der Waals surface area contributed by atoms with Crippen LogP contribution in [-0.4, -0.2) is 59.8 Å². The molecule has 6 nitrogen and oxygen atoms in total. The van der Waals surface area contributed by atoms with Crippen LogP contribution in [0.25, 0.3) is 0 Å². The second kappa shape index (κ2) is 7.28. The molecular weight excluding hydrogens is 343 g/mol. The van der Waals surface area contributed by atoms with Gasteiger partial charge in [-0.05, 0) is 38.2 Å². The third-order valence-electron chi connectivity index (χ3n) is 4.27. The molecule has 1 fully saturated rings. The number of carbonyl (C=O) groups excluding carboxylic acids is 2. The van der Waals surface area contributed by atoms with E-state index in [9.17, 15) is 14.0 Å². The number of amides is 2. The monoisotopic (exact) mass is 362 g/mol. The van der Waals surface area contributed by atoms with Gasteiger partial charge in [0, 0.05) is 30.6 Å². The Morgan fingerprint density at radius 1 is 1.44 bits per heavy atom. The topological polar surface area (TPSA) is 65.5 Å². The van der Waals surface area contributed by atoms with Gasteiger partial charge in [-0.2, -0.15) is 0 Å². The van der Waals surface area contributed by atoms with E-state index in [2.05, 4.69) is 15.2 Å². The van der Waals surface area contributed by atoms with Gasteiger partial charge in [-0.3, -0.25) is 14.9 Å². The summed E-state index contributed by atoms with van der Waals surface area (Å²) in [5, 5.41) is 4.54. The summed E-state index contributed by atoms with van der Waals surface area (Å²) >= 11 is 1.17. The SMILES string of the molecule is CN1CC[C@@H](N(C)C(=O)c2csc(NC(=O)c3cccc(F)c3)n2)C1. The molecule has 3 rings (SSSR count). The first-order valence-electron chi connectivity index (χ1n) is 7.92. The van der Waals surface area contributed by atoms with Crippen molar-refractivity contribution in [2.75, 3.05) is 32.5 Å². The minimum Gasteiger partial charge on any atom is -0.336 e. The molecule has 0 radical (unpaired) electrons. The average molecular weight is 362 g/mol. The van der Waals surface area contributed by atoms with Crippen LogP contribution < -0.4 is 5.32 Å². The van der Waals surface area contributed by atoms with Crippen LogP contribution in [0.3, 0.4) is 0 Å². The van der Waals surface area contributed by atoms with Gasteiger partial charge in [-0.1, -0.05) is 6.07 Å². The second-order valence-electron chi connectivity index (χ2n) is 6.12. The minimum absolute atomic E-state index is 0.164. The molecule has 1 N–H and O–H groups in total. The standard InChI is InChI=1S/C17H19FN4O2S/c1-21-7-6-13(9-21)22(2)16(24)14-10-25-17(19-14)20-15(23)11-4-3-5-12(18)8-11/h3-5,8,10,13H,6-7,9H2,1-2H3,(H,19,20,23)/t13-/m1/s1. The first-order chi connectivity index (χ1) is 11.9. The Morgan fingerprint density at radius 2 is 2.24 bits per heavy atom. The largest absolute Gasteiger partial charge is 0.336 e. The summed E-state index contributed by atoms with van der Waals surface area (Å²) in [7, 11) is 3.80. The molecule has 1 aromatic carbocycles. The predicted octanol–water partition coefficient (Wildman–Crippen LogP) is 2.31. The lowest BCUT2D eigenvalue weighted by atomic mass is 10.2. The average Bonchev–Trinajstić information content (AvgIpc) is 3.22. The summed E-state index contributed by atoms with van der Waals surface area (Å²) in [6, 6.07) is 5.58. The zero-order valence-electron chi connectivity index (χ0n) is 14.0. The van der Waals surface area contributed by atoms with Gasteiger partial charge in [0.05, 0.1) is 0 Å². The maximum atomic E-state index is 13.2. The Morgan fingerprint density at radius 3 is 2.92 bits per heavy atom. The number of likely N-dealkylation sites (N-methyl/N-ethyl adjacent to an activating group) is 2. The highest BCUT2D eigenvalue weighted by Crippen LogP contribution is 2.20. The minimum atomic E-state index is -0.481. The maximum absolute atomic E-state index is 13.2. The molecule has 0 bridgehead atoms. The van der Waals surface area contributed by atoms with Gasteiger partial charge in [-0.25, -0.2) is 9.37 Å². The van der Waals surface area contributed by atoms with E-state index in [0.717, 1.165) is 25.6 Å². The van der Waals surface area contributed by atoms with E-state index in [0.29, 0.717) is 10.8 Å². The van der Waals surface area contributed by atoms with E-state index in [1.54, 1.807) is 17.3 Å². The summed E-state index contributed by atoms with van der Waals surface area (Å²) in [4.78, 5) is 32.7. The van der Waals surface area contributed by atoms with Crippen LogP contribution in [0.15, 0.2) is 29.6 Å². The van der Waals surface area contributed by atoms with Crippen LogP contribution in [0, 0.1) is 5.82 Å². The molecule has 2 amide bonds. The van der Waals surface area contributed by atoms with Gasteiger partial charge in [0.25, 0.3) is 11.8 Å². The second-order valence-corrected chi connectivity index (χ2v) is 6.98. The molecule has 132 valence electrons. The first kappa shape index (κ1) is 17.5. The molecule has 8 heteroatoms. The zero-order valence-corrected chi connectivity index (χ0v) is 14.8. The zero-order chi connectivity index (χ0) is 18.0. The number of thiazole rings is 1. The fraction of sp³-hybridized carbons (Fsp3) is 0.353. The fourth-order valence-electron chi connectivity index (χ4n) is 2.80. The number of carbonyl (C=O) groups is 2. The number of aromatic nitrogens is 1. The number of rotatable bonds is 4. The molecule has 2 aromatic rings. The van der Waals surface area contributed by atoms with E-state index in [1.165, 1.54) is 29.5 Å². The molecule has 0 unspecified atom stereocenters. The molecular formula is C17H19FN4O2S. The molecule has 1 atom stereocenters. The Kier molecular flexibility index (Phi) is 5.10. The van der Waals surface area contributed by atoms with E-state index < -0.39 is 11.7 Å². The van der Waals surface area contributed by atoms with Crippen LogP contribution in [0.1, 0.15) is 27.3 Å². The number of halogens is 1. The van der Waals surface area contributed by atoms with Crippen molar-refractivity contribution in [2.45, 2.75) is 12.5 Å². The van der Waals surface area contributed by atoms with Gasteiger partial charge in [0.1, 0.15) is 11.5 Å². The Balaban J connectivity index is 1.65. The van der Waals surface area contributed by atoms with Crippen LogP contribution in [-0.2, 0) is 0 Å². The van der Waals surface area contributed by atoms with Crippen molar-refractivity contribution in [1.82, 2.24) is 14.8 Å². The summed E-state index contributed by atoms with van der Waals surface area (Å²) in [5.74, 6) is -1.10. The van der Waals surface area contributed by atoms with Crippen molar-refractivity contribution in [3.8, 4) is 0 Å².